The molecule has 0 amide bonds. The largest absolute Gasteiger partial charge is 0.465 e. The molecule has 0 unspecified atom stereocenters. The van der Waals surface area contributed by atoms with Gasteiger partial charge in [0.05, 0.1) is 35.6 Å². The zero-order chi connectivity index (χ0) is 50.5. The Morgan fingerprint density at radius 2 is 0.986 bits per heavy atom. The number of carbonyl (C=O) groups excluding carboxylic acids is 2. The molecule has 6 heterocycles. The number of aryl methyl sites for hydroxylation is 4. The van der Waals surface area contributed by atoms with Gasteiger partial charge in [0.1, 0.15) is 34.4 Å². The number of hydrogen-bond donors (Lipinski definition) is 0. The van der Waals surface area contributed by atoms with Crippen molar-refractivity contribution in [1.29, 1.82) is 0 Å². The number of rotatable bonds is 14. The van der Waals surface area contributed by atoms with E-state index in [-0.39, 0.29) is 24.3 Å². The molecule has 0 radical (unpaired) electrons. The van der Waals surface area contributed by atoms with Gasteiger partial charge in [-0.25, -0.2) is 28.7 Å². The molecule has 0 aliphatic carbocycles. The summed E-state index contributed by atoms with van der Waals surface area (Å²) in [6, 6.07) is 37.6. The lowest BCUT2D eigenvalue weighted by molar-refractivity contribution is -0.133. The number of nitrogens with zero attached hydrogens (tertiary/aromatic N) is 6. The molecule has 72 heavy (non-hydrogen) atoms. The van der Waals surface area contributed by atoms with Crippen LogP contribution in [0.3, 0.4) is 0 Å². The van der Waals surface area contributed by atoms with Crippen molar-refractivity contribution < 1.29 is 36.7 Å². The molecule has 14 heteroatoms. The summed E-state index contributed by atoms with van der Waals surface area (Å²) < 4.78 is 55.5. The molecule has 0 saturated carbocycles. The van der Waals surface area contributed by atoms with Crippen molar-refractivity contribution >= 4 is 23.2 Å². The highest BCUT2D eigenvalue weighted by Gasteiger charge is 2.25. The summed E-state index contributed by atoms with van der Waals surface area (Å²) in [6.45, 7) is 10.8. The number of ether oxygens (including phenoxy) is 2. The van der Waals surface area contributed by atoms with Gasteiger partial charge in [-0.15, -0.1) is 0 Å². The normalized spacial score (nSPS) is 11.2. The van der Waals surface area contributed by atoms with Crippen LogP contribution in [0.5, 0.6) is 11.8 Å². The summed E-state index contributed by atoms with van der Waals surface area (Å²) >= 11 is 0. The maximum atomic E-state index is 14.6. The molecule has 0 atom stereocenters. The predicted molar refractivity (Wildman–Crippen MR) is 269 cm³/mol. The third kappa shape index (κ3) is 10.6. The minimum Gasteiger partial charge on any atom is -0.465 e. The average Bonchev–Trinajstić information content (AvgIpc) is 4.13. The van der Waals surface area contributed by atoms with Crippen molar-refractivity contribution in [2.24, 2.45) is 0 Å². The summed E-state index contributed by atoms with van der Waals surface area (Å²) in [5.41, 5.74) is 9.92. The highest BCUT2D eigenvalue weighted by molar-refractivity contribution is 5.72. The summed E-state index contributed by atoms with van der Waals surface area (Å²) in [6.07, 6.45) is 6.47. The second-order valence-corrected chi connectivity index (χ2v) is 17.4. The van der Waals surface area contributed by atoms with Gasteiger partial charge in [0.25, 0.3) is 0 Å². The number of aromatic nitrogens is 6. The van der Waals surface area contributed by atoms with Crippen LogP contribution in [0.15, 0.2) is 143 Å². The zero-order valence-electron chi connectivity index (χ0n) is 40.8. The Hall–Kier alpha value is -8.52. The van der Waals surface area contributed by atoms with Crippen molar-refractivity contribution in [3.63, 3.8) is 0 Å². The first-order valence-corrected chi connectivity index (χ1v) is 23.8. The van der Waals surface area contributed by atoms with Crippen LogP contribution in [-0.4, -0.2) is 40.7 Å². The summed E-state index contributed by atoms with van der Waals surface area (Å²) in [4.78, 5) is 43.6. The molecule has 0 aliphatic heterocycles. The van der Waals surface area contributed by atoms with Gasteiger partial charge in [-0.1, -0.05) is 117 Å². The number of furan rings is 2. The van der Waals surface area contributed by atoms with Crippen molar-refractivity contribution in [2.45, 2.75) is 80.1 Å². The van der Waals surface area contributed by atoms with E-state index in [0.29, 0.717) is 58.6 Å². The second-order valence-electron chi connectivity index (χ2n) is 17.4. The van der Waals surface area contributed by atoms with Gasteiger partial charge >= 0.3 is 11.9 Å². The van der Waals surface area contributed by atoms with E-state index in [2.05, 4.69) is 19.1 Å². The first-order valence-electron chi connectivity index (χ1n) is 23.8. The molecule has 0 spiro atoms. The summed E-state index contributed by atoms with van der Waals surface area (Å²) in [7, 11) is 0. The van der Waals surface area contributed by atoms with Gasteiger partial charge in [0.15, 0.2) is 22.9 Å². The summed E-state index contributed by atoms with van der Waals surface area (Å²) in [5, 5.41) is 0. The van der Waals surface area contributed by atoms with Crippen LogP contribution >= 0.6 is 0 Å². The molecule has 364 valence electrons. The van der Waals surface area contributed by atoms with Gasteiger partial charge in [-0.2, -0.15) is 0 Å². The third-order valence-electron chi connectivity index (χ3n) is 12.1. The van der Waals surface area contributed by atoms with E-state index in [1.807, 2.05) is 122 Å². The van der Waals surface area contributed by atoms with E-state index in [1.165, 1.54) is 26.0 Å². The third-order valence-corrected chi connectivity index (χ3v) is 12.1. The lowest BCUT2D eigenvalue weighted by Crippen LogP contribution is -2.07. The lowest BCUT2D eigenvalue weighted by atomic mass is 10.1. The predicted octanol–water partition coefficient (Wildman–Crippen LogP) is 12.2. The van der Waals surface area contributed by atoms with E-state index < -0.39 is 23.6 Å². The quantitative estimate of drug-likeness (QED) is 0.0968. The minimum atomic E-state index is -0.933. The Morgan fingerprint density at radius 3 is 1.42 bits per heavy atom. The SMILES string of the molecule is CCc1oc(Cc2nc3c(Cc4cccc(F)c4F)nc(-c4ccccc4)cn3c2OC(C)=O)cc1C.CCc1oc(Cc2nc3c(Cc4ccccc4)nc(-c4ccccc4)cn3c2OC(C)=O)cc1C. The number of fused-ring (bicyclic) bond motifs is 2. The fraction of sp³-hybridized carbons (Fsp3) is 0.207. The molecule has 0 bridgehead atoms. The molecule has 10 rings (SSSR count). The lowest BCUT2D eigenvalue weighted by Gasteiger charge is -2.10. The highest BCUT2D eigenvalue weighted by Crippen LogP contribution is 2.33. The van der Waals surface area contributed by atoms with Crippen molar-refractivity contribution in [3.05, 3.63) is 213 Å². The van der Waals surface area contributed by atoms with Crippen molar-refractivity contribution in [3.8, 4) is 34.3 Å². The van der Waals surface area contributed by atoms with Crippen molar-refractivity contribution in [2.75, 3.05) is 0 Å². The number of benzene rings is 4. The fourth-order valence-corrected chi connectivity index (χ4v) is 8.76. The second kappa shape index (κ2) is 21.2. The van der Waals surface area contributed by atoms with E-state index in [0.717, 1.165) is 75.4 Å². The Balaban J connectivity index is 0.000000178. The number of carbonyl (C=O) groups is 2. The van der Waals surface area contributed by atoms with Crippen LogP contribution in [0.4, 0.5) is 8.78 Å². The molecule has 4 aromatic carbocycles. The number of esters is 2. The number of imidazole rings is 2. The Morgan fingerprint density at radius 1 is 0.542 bits per heavy atom. The smallest absolute Gasteiger partial charge is 0.309 e. The Labute approximate surface area is 415 Å². The zero-order valence-corrected chi connectivity index (χ0v) is 40.8. The van der Waals surface area contributed by atoms with Crippen LogP contribution in [0.25, 0.3) is 33.8 Å². The van der Waals surface area contributed by atoms with Crippen LogP contribution in [0.1, 0.15) is 95.8 Å². The first-order chi connectivity index (χ1) is 34.8. The average molecular weight is 967 g/mol. The molecule has 0 N–H and O–H groups in total. The van der Waals surface area contributed by atoms with Crippen molar-refractivity contribution in [1.82, 2.24) is 28.7 Å². The highest BCUT2D eigenvalue weighted by atomic mass is 19.2. The molecule has 12 nitrogen and oxygen atoms in total. The minimum absolute atomic E-state index is 0.0103. The van der Waals surface area contributed by atoms with Gasteiger partial charge in [-0.3, -0.25) is 18.4 Å². The topological polar surface area (TPSA) is 139 Å². The molecule has 0 aliphatic rings. The molecule has 10 aromatic rings. The summed E-state index contributed by atoms with van der Waals surface area (Å²) in [5.74, 6) is 1.15. The maximum Gasteiger partial charge on any atom is 0.309 e. The van der Waals surface area contributed by atoms with Crippen LogP contribution < -0.4 is 9.47 Å². The van der Waals surface area contributed by atoms with E-state index in [1.54, 1.807) is 10.6 Å². The van der Waals surface area contributed by atoms with Gasteiger partial charge in [0, 0.05) is 63.1 Å². The van der Waals surface area contributed by atoms with Crippen LogP contribution in [-0.2, 0) is 48.1 Å². The van der Waals surface area contributed by atoms with Gasteiger partial charge in [-0.05, 0) is 54.3 Å². The van der Waals surface area contributed by atoms with Gasteiger partial charge < -0.3 is 18.3 Å². The van der Waals surface area contributed by atoms with Crippen LogP contribution in [0.2, 0.25) is 0 Å². The van der Waals surface area contributed by atoms with E-state index in [9.17, 15) is 18.4 Å². The maximum absolute atomic E-state index is 14.6. The Kier molecular flexibility index (Phi) is 14.3. The molecule has 0 fully saturated rings. The monoisotopic (exact) mass is 966 g/mol. The molecular formula is C58H52F2N6O6. The molecule has 0 saturated heterocycles. The standard InChI is InChI=1S/C29H25F2N3O3.C29H27N3O3/c1-4-26-17(2)13-21(37-26)15-24-29(36-18(3)35)34-16-25(19-9-6-5-7-10-19)32-23(28(34)33-24)14-20-11-8-12-22(30)27(20)31;1-4-27-19(2)15-23(35-27)17-25-29(34-20(3)33)32-18-26(22-13-9-6-10-14-22)30-24(28(32)31-25)16-21-11-7-5-8-12-21/h5-13,16H,4,14-15H2,1-3H3;5-15,18H,4,16-17H2,1-3H3. The fourth-order valence-electron chi connectivity index (χ4n) is 8.76. The van der Waals surface area contributed by atoms with E-state index >= 15 is 0 Å². The van der Waals surface area contributed by atoms with Gasteiger partial charge in [0.2, 0.25) is 11.8 Å². The van der Waals surface area contributed by atoms with E-state index in [4.69, 9.17) is 38.2 Å². The molecule has 6 aromatic heterocycles. The number of hydrogen-bond acceptors (Lipinski definition) is 10. The Bertz CT molecular complexity index is 3560. The first kappa shape index (κ1) is 48.5. The van der Waals surface area contributed by atoms with Crippen LogP contribution in [0, 0.1) is 25.5 Å². The number of halogens is 2. The molecular weight excluding hydrogens is 915 g/mol.